The van der Waals surface area contributed by atoms with Gasteiger partial charge in [-0.1, -0.05) is 6.07 Å². The van der Waals surface area contributed by atoms with Crippen molar-refractivity contribution in [1.82, 2.24) is 30.5 Å². The lowest BCUT2D eigenvalue weighted by Gasteiger charge is -2.33. The van der Waals surface area contributed by atoms with Crippen LogP contribution in [0.2, 0.25) is 0 Å². The number of aromatic nitrogens is 5. The molecule has 2 aliphatic rings. The van der Waals surface area contributed by atoms with Crippen LogP contribution in [0.5, 0.6) is 5.75 Å². The molecule has 8 nitrogen and oxygen atoms in total. The summed E-state index contributed by atoms with van der Waals surface area (Å²) >= 11 is 0. The number of nitrogens with zero attached hydrogens (tertiary/aromatic N) is 6. The predicted molar refractivity (Wildman–Crippen MR) is 105 cm³/mol. The van der Waals surface area contributed by atoms with Crippen molar-refractivity contribution in [3.05, 3.63) is 43.0 Å². The van der Waals surface area contributed by atoms with Crippen molar-refractivity contribution in [3.8, 4) is 28.3 Å². The molecule has 0 unspecified atom stereocenters. The van der Waals surface area contributed by atoms with Crippen molar-refractivity contribution in [3.63, 3.8) is 0 Å². The van der Waals surface area contributed by atoms with Crippen molar-refractivity contribution in [1.29, 1.82) is 0 Å². The smallest absolute Gasteiger partial charge is 0.245 e. The summed E-state index contributed by atoms with van der Waals surface area (Å²) in [6.45, 7) is 2.74. The highest BCUT2D eigenvalue weighted by atomic mass is 16.3. The van der Waals surface area contributed by atoms with E-state index in [1.54, 1.807) is 24.5 Å². The van der Waals surface area contributed by atoms with Crippen LogP contribution in [-0.2, 0) is 0 Å². The lowest BCUT2D eigenvalue weighted by atomic mass is 10.1. The first-order valence-corrected chi connectivity index (χ1v) is 9.56. The minimum atomic E-state index is 0.121. The van der Waals surface area contributed by atoms with E-state index in [4.69, 9.17) is 0 Å². The molecule has 3 heterocycles. The van der Waals surface area contributed by atoms with Gasteiger partial charge in [-0.05, 0) is 37.0 Å². The maximum atomic E-state index is 10.5. The van der Waals surface area contributed by atoms with Crippen LogP contribution in [0.3, 0.4) is 0 Å². The Morgan fingerprint density at radius 1 is 1.07 bits per heavy atom. The van der Waals surface area contributed by atoms with Gasteiger partial charge in [-0.25, -0.2) is 15.0 Å². The topological polar surface area (TPSA) is 100.0 Å². The minimum absolute atomic E-state index is 0.121. The zero-order chi connectivity index (χ0) is 18.9. The number of nitrogens with one attached hydrogen (secondary N) is 1. The molecule has 0 bridgehead atoms. The van der Waals surface area contributed by atoms with Gasteiger partial charge in [-0.15, -0.1) is 10.2 Å². The number of aromatic hydroxyl groups is 1. The zero-order valence-electron chi connectivity index (χ0n) is 15.4. The number of rotatable bonds is 4. The van der Waals surface area contributed by atoms with E-state index >= 15 is 0 Å². The maximum Gasteiger partial charge on any atom is 0.245 e. The average Bonchev–Trinajstić information content (AvgIpc) is 3.60. The van der Waals surface area contributed by atoms with E-state index in [9.17, 15) is 5.11 Å². The number of hydrogen-bond donors (Lipinski definition) is 2. The van der Waals surface area contributed by atoms with Crippen LogP contribution in [0, 0.1) is 5.92 Å². The fourth-order valence-electron chi connectivity index (χ4n) is 3.68. The minimum Gasteiger partial charge on any atom is -0.507 e. The van der Waals surface area contributed by atoms with E-state index < -0.39 is 0 Å². The number of phenolic OH excluding ortho intramolecular Hbond substituents is 1. The van der Waals surface area contributed by atoms with Gasteiger partial charge in [0.25, 0.3) is 0 Å². The zero-order valence-corrected chi connectivity index (χ0v) is 15.4. The van der Waals surface area contributed by atoms with Crippen LogP contribution in [-0.4, -0.2) is 55.9 Å². The van der Waals surface area contributed by atoms with E-state index in [0.717, 1.165) is 36.8 Å². The average molecular weight is 375 g/mol. The second-order valence-corrected chi connectivity index (χ2v) is 7.31. The molecule has 1 saturated carbocycles. The maximum absolute atomic E-state index is 10.5. The highest BCUT2D eigenvalue weighted by Crippen LogP contribution is 2.34. The second kappa shape index (κ2) is 7.12. The van der Waals surface area contributed by atoms with Crippen LogP contribution >= 0.6 is 0 Å². The Kier molecular flexibility index (Phi) is 4.32. The molecule has 0 spiro atoms. The van der Waals surface area contributed by atoms with E-state index in [1.165, 1.54) is 19.2 Å². The third kappa shape index (κ3) is 3.38. The van der Waals surface area contributed by atoms with Crippen molar-refractivity contribution in [2.75, 3.05) is 24.5 Å². The molecule has 2 N–H and O–H groups in total. The van der Waals surface area contributed by atoms with Crippen LogP contribution in [0.1, 0.15) is 12.8 Å². The highest BCUT2D eigenvalue weighted by Gasteiger charge is 2.34. The van der Waals surface area contributed by atoms with Crippen LogP contribution in [0.4, 0.5) is 5.95 Å². The third-order valence-electron chi connectivity index (χ3n) is 5.38. The Hall–Kier alpha value is -3.13. The molecule has 1 atom stereocenters. The van der Waals surface area contributed by atoms with Crippen molar-refractivity contribution < 1.29 is 5.11 Å². The summed E-state index contributed by atoms with van der Waals surface area (Å²) in [6.07, 6.45) is 7.46. The molecule has 28 heavy (non-hydrogen) atoms. The largest absolute Gasteiger partial charge is 0.507 e. The van der Waals surface area contributed by atoms with Gasteiger partial charge < -0.3 is 15.3 Å². The molecular weight excluding hydrogens is 354 g/mol. The van der Waals surface area contributed by atoms with Crippen LogP contribution in [0.25, 0.3) is 22.5 Å². The Labute approximate surface area is 162 Å². The van der Waals surface area contributed by atoms with Gasteiger partial charge in [-0.3, -0.25) is 0 Å². The van der Waals surface area contributed by atoms with Gasteiger partial charge in [0.2, 0.25) is 5.95 Å². The fraction of sp³-hybridized carbons (Fsp3) is 0.350. The van der Waals surface area contributed by atoms with E-state index in [0.29, 0.717) is 23.2 Å². The molecule has 8 heteroatoms. The van der Waals surface area contributed by atoms with Crippen molar-refractivity contribution >= 4 is 5.95 Å². The van der Waals surface area contributed by atoms with Gasteiger partial charge in [0.15, 0.2) is 0 Å². The Morgan fingerprint density at radius 2 is 2.00 bits per heavy atom. The normalized spacial score (nSPS) is 19.6. The van der Waals surface area contributed by atoms with Gasteiger partial charge in [0, 0.05) is 43.0 Å². The van der Waals surface area contributed by atoms with Crippen molar-refractivity contribution in [2.45, 2.75) is 18.9 Å². The molecule has 0 amide bonds. The summed E-state index contributed by atoms with van der Waals surface area (Å²) in [6, 6.07) is 7.70. The summed E-state index contributed by atoms with van der Waals surface area (Å²) in [5, 5.41) is 22.7. The van der Waals surface area contributed by atoms with Crippen LogP contribution < -0.4 is 10.2 Å². The van der Waals surface area contributed by atoms with E-state index in [2.05, 4.69) is 35.4 Å². The lowest BCUT2D eigenvalue weighted by Crippen LogP contribution is -2.52. The quantitative estimate of drug-likeness (QED) is 0.713. The molecule has 1 aliphatic carbocycles. The monoisotopic (exact) mass is 375 g/mol. The number of benzene rings is 1. The molecule has 5 rings (SSSR count). The highest BCUT2D eigenvalue weighted by molar-refractivity contribution is 5.72. The summed E-state index contributed by atoms with van der Waals surface area (Å²) in [4.78, 5) is 14.8. The van der Waals surface area contributed by atoms with E-state index in [-0.39, 0.29) is 5.75 Å². The van der Waals surface area contributed by atoms with Gasteiger partial charge in [0.1, 0.15) is 17.8 Å². The lowest BCUT2D eigenvalue weighted by molar-refractivity contribution is 0.414. The number of hydrogen-bond acceptors (Lipinski definition) is 8. The molecule has 2 fully saturated rings. The molecule has 0 radical (unpaired) electrons. The molecule has 1 saturated heterocycles. The standard InChI is InChI=1S/C20H21N7O/c28-19-9-14(16-5-6-21-12-24-16)3-4-15(19)17-10-23-20(26-25-17)27-8-7-22-18(11-27)13-1-2-13/h3-6,9-10,12-13,18,22,28H,1-2,7-8,11H2/t18-/m1/s1. The van der Waals surface area contributed by atoms with E-state index in [1.807, 2.05) is 12.1 Å². The summed E-state index contributed by atoms with van der Waals surface area (Å²) in [5.41, 5.74) is 2.71. The predicted octanol–water partition coefficient (Wildman–Crippen LogP) is 1.89. The molecule has 142 valence electrons. The molecular formula is C20H21N7O. The number of anilines is 1. The Morgan fingerprint density at radius 3 is 2.71 bits per heavy atom. The summed E-state index contributed by atoms with van der Waals surface area (Å²) in [7, 11) is 0. The molecule has 2 aromatic heterocycles. The van der Waals surface area contributed by atoms with Crippen molar-refractivity contribution in [2.24, 2.45) is 5.92 Å². The first kappa shape index (κ1) is 17.0. The first-order valence-electron chi connectivity index (χ1n) is 9.56. The fourth-order valence-corrected chi connectivity index (χ4v) is 3.68. The third-order valence-corrected chi connectivity index (χ3v) is 5.38. The SMILES string of the molecule is Oc1cc(-c2ccncn2)ccc1-c1cnc(N2CCN[C@@H](C3CC3)C2)nn1. The van der Waals surface area contributed by atoms with Gasteiger partial charge in [0.05, 0.1) is 11.9 Å². The first-order chi connectivity index (χ1) is 13.8. The summed E-state index contributed by atoms with van der Waals surface area (Å²) < 4.78 is 0. The summed E-state index contributed by atoms with van der Waals surface area (Å²) in [5.74, 6) is 1.56. The Bertz CT molecular complexity index is 960. The molecule has 3 aromatic rings. The molecule has 1 aliphatic heterocycles. The van der Waals surface area contributed by atoms with Gasteiger partial charge in [-0.2, -0.15) is 0 Å². The number of piperazine rings is 1. The second-order valence-electron chi connectivity index (χ2n) is 7.31. The molecule has 1 aromatic carbocycles. The van der Waals surface area contributed by atoms with Crippen LogP contribution in [0.15, 0.2) is 43.0 Å². The number of phenols is 1. The Balaban J connectivity index is 1.35. The van der Waals surface area contributed by atoms with Gasteiger partial charge >= 0.3 is 0 Å².